The molecule has 0 bridgehead atoms. The molecule has 0 fully saturated rings. The van der Waals surface area contributed by atoms with Crippen LogP contribution in [0.3, 0.4) is 0 Å². The highest BCUT2D eigenvalue weighted by molar-refractivity contribution is 14.1. The number of halogens is 3. The van der Waals surface area contributed by atoms with E-state index in [4.69, 9.17) is 23.2 Å². The van der Waals surface area contributed by atoms with Gasteiger partial charge in [0.05, 0.1) is 5.02 Å². The Hall–Kier alpha value is -0.0000000000000000555. The van der Waals surface area contributed by atoms with Crippen molar-refractivity contribution >= 4 is 57.4 Å². The van der Waals surface area contributed by atoms with E-state index >= 15 is 0 Å². The minimum Gasteiger partial charge on any atom is -0.325 e. The Labute approximate surface area is 106 Å². The van der Waals surface area contributed by atoms with Crippen LogP contribution in [0.1, 0.15) is 6.92 Å². The molecule has 1 N–H and O–H groups in total. The van der Waals surface area contributed by atoms with Crippen molar-refractivity contribution in [3.8, 4) is 0 Å². The van der Waals surface area contributed by atoms with Crippen LogP contribution in [0.2, 0.25) is 5.02 Å². The summed E-state index contributed by atoms with van der Waals surface area (Å²) in [5.41, 5.74) is 0.660. The molecule has 1 amide bonds. The lowest BCUT2D eigenvalue weighted by Gasteiger charge is -2.07. The maximum absolute atomic E-state index is 11.2. The smallest absolute Gasteiger partial charge is 0.242 e. The van der Waals surface area contributed by atoms with E-state index < -0.39 is 5.38 Å². The van der Waals surface area contributed by atoms with E-state index in [-0.39, 0.29) is 5.91 Å². The van der Waals surface area contributed by atoms with Crippen LogP contribution < -0.4 is 5.32 Å². The summed E-state index contributed by atoms with van der Waals surface area (Å²) in [6, 6.07) is 5.31. The zero-order chi connectivity index (χ0) is 10.7. The Morgan fingerprint density at radius 3 is 2.71 bits per heavy atom. The largest absolute Gasteiger partial charge is 0.325 e. The van der Waals surface area contributed by atoms with Gasteiger partial charge in [0.15, 0.2) is 0 Å². The first-order valence-corrected chi connectivity index (χ1v) is 5.80. The highest BCUT2D eigenvalue weighted by Crippen LogP contribution is 2.22. The molecule has 0 unspecified atom stereocenters. The van der Waals surface area contributed by atoms with Crippen LogP contribution in [-0.4, -0.2) is 11.3 Å². The molecule has 2 nitrogen and oxygen atoms in total. The standard InChI is InChI=1S/C9H8Cl2INO/c1-5(10)9(14)13-6-2-3-8(12)7(11)4-6/h2-5H,1H3,(H,13,14)/t5-/m0/s1. The second kappa shape index (κ2) is 5.19. The predicted octanol–water partition coefficient (Wildman–Crippen LogP) is 3.51. The molecule has 0 radical (unpaired) electrons. The van der Waals surface area contributed by atoms with E-state index in [0.717, 1.165) is 3.57 Å². The molecular weight excluding hydrogens is 336 g/mol. The van der Waals surface area contributed by atoms with Gasteiger partial charge in [-0.15, -0.1) is 11.6 Å². The summed E-state index contributed by atoms with van der Waals surface area (Å²) in [6.07, 6.45) is 0. The van der Waals surface area contributed by atoms with Gasteiger partial charge in [-0.25, -0.2) is 0 Å². The molecule has 0 aliphatic carbocycles. The van der Waals surface area contributed by atoms with E-state index in [0.29, 0.717) is 10.7 Å². The second-order valence-corrected chi connectivity index (χ2v) is 4.96. The van der Waals surface area contributed by atoms with Gasteiger partial charge in [-0.05, 0) is 47.7 Å². The fourth-order valence-corrected chi connectivity index (χ4v) is 1.39. The summed E-state index contributed by atoms with van der Waals surface area (Å²) in [5, 5.41) is 2.72. The van der Waals surface area contributed by atoms with Gasteiger partial charge >= 0.3 is 0 Å². The molecule has 1 rings (SSSR count). The van der Waals surface area contributed by atoms with Crippen LogP contribution in [0, 0.1) is 3.57 Å². The van der Waals surface area contributed by atoms with E-state index in [1.807, 2.05) is 6.07 Å². The highest BCUT2D eigenvalue weighted by Gasteiger charge is 2.09. The summed E-state index contributed by atoms with van der Waals surface area (Å²) in [6.45, 7) is 1.62. The Balaban J connectivity index is 2.78. The molecule has 1 aromatic carbocycles. The predicted molar refractivity (Wildman–Crippen MR) is 68.1 cm³/mol. The number of anilines is 1. The Morgan fingerprint density at radius 2 is 2.21 bits per heavy atom. The summed E-state index contributed by atoms with van der Waals surface area (Å²) >= 11 is 13.6. The molecule has 76 valence electrons. The number of alkyl halides is 1. The van der Waals surface area contributed by atoms with Crippen molar-refractivity contribution in [3.63, 3.8) is 0 Å². The van der Waals surface area contributed by atoms with Gasteiger partial charge in [0.1, 0.15) is 5.38 Å². The molecule has 0 aliphatic rings. The first-order chi connectivity index (χ1) is 6.50. The van der Waals surface area contributed by atoms with Crippen LogP contribution in [0.25, 0.3) is 0 Å². The average molecular weight is 344 g/mol. The van der Waals surface area contributed by atoms with Gasteiger partial charge in [-0.1, -0.05) is 11.6 Å². The molecule has 5 heteroatoms. The van der Waals surface area contributed by atoms with Crippen molar-refractivity contribution in [1.82, 2.24) is 0 Å². The topological polar surface area (TPSA) is 29.1 Å². The number of carbonyl (C=O) groups is 1. The summed E-state index contributed by atoms with van der Waals surface area (Å²) < 4.78 is 0.946. The number of hydrogen-bond donors (Lipinski definition) is 1. The van der Waals surface area contributed by atoms with Gasteiger partial charge in [-0.3, -0.25) is 4.79 Å². The van der Waals surface area contributed by atoms with Gasteiger partial charge in [0, 0.05) is 9.26 Å². The summed E-state index contributed by atoms with van der Waals surface area (Å²) in [4.78, 5) is 11.2. The van der Waals surface area contributed by atoms with Gasteiger partial charge in [0.2, 0.25) is 5.91 Å². The number of rotatable bonds is 2. The maximum Gasteiger partial charge on any atom is 0.242 e. The van der Waals surface area contributed by atoms with Crippen LogP contribution in [0.4, 0.5) is 5.69 Å². The van der Waals surface area contributed by atoms with Gasteiger partial charge in [0.25, 0.3) is 0 Å². The number of amides is 1. The van der Waals surface area contributed by atoms with Crippen LogP contribution >= 0.6 is 45.8 Å². The number of hydrogen-bond acceptors (Lipinski definition) is 1. The normalized spacial score (nSPS) is 12.3. The van der Waals surface area contributed by atoms with Crippen molar-refractivity contribution in [3.05, 3.63) is 26.8 Å². The molecule has 1 atom stereocenters. The van der Waals surface area contributed by atoms with E-state index in [2.05, 4.69) is 27.9 Å². The lowest BCUT2D eigenvalue weighted by atomic mass is 10.3. The lowest BCUT2D eigenvalue weighted by Crippen LogP contribution is -2.20. The molecule has 0 spiro atoms. The third-order valence-corrected chi connectivity index (χ3v) is 3.32. The van der Waals surface area contributed by atoms with E-state index in [9.17, 15) is 4.79 Å². The van der Waals surface area contributed by atoms with Crippen molar-refractivity contribution in [2.24, 2.45) is 0 Å². The van der Waals surface area contributed by atoms with E-state index in [1.54, 1.807) is 19.1 Å². The molecule has 0 aliphatic heterocycles. The molecule has 0 saturated heterocycles. The first-order valence-electron chi connectivity index (χ1n) is 3.90. The van der Waals surface area contributed by atoms with Crippen molar-refractivity contribution < 1.29 is 4.79 Å². The van der Waals surface area contributed by atoms with Gasteiger partial charge < -0.3 is 5.32 Å². The van der Waals surface area contributed by atoms with E-state index in [1.165, 1.54) is 0 Å². The van der Waals surface area contributed by atoms with Crippen molar-refractivity contribution in [2.45, 2.75) is 12.3 Å². The monoisotopic (exact) mass is 343 g/mol. The fourth-order valence-electron chi connectivity index (χ4n) is 0.816. The van der Waals surface area contributed by atoms with Gasteiger partial charge in [-0.2, -0.15) is 0 Å². The molecule has 0 heterocycles. The summed E-state index contributed by atoms with van der Waals surface area (Å²) in [5.74, 6) is -0.232. The Morgan fingerprint density at radius 1 is 1.57 bits per heavy atom. The summed E-state index contributed by atoms with van der Waals surface area (Å²) in [7, 11) is 0. The minimum absolute atomic E-state index is 0.232. The Kier molecular flexibility index (Phi) is 4.47. The molecule has 14 heavy (non-hydrogen) atoms. The SMILES string of the molecule is C[C@H](Cl)C(=O)Nc1ccc(I)c(Cl)c1. The first kappa shape index (κ1) is 12.1. The third kappa shape index (κ3) is 3.29. The van der Waals surface area contributed by atoms with Crippen molar-refractivity contribution in [1.29, 1.82) is 0 Å². The van der Waals surface area contributed by atoms with Crippen LogP contribution in [0.5, 0.6) is 0 Å². The Bertz CT molecular complexity index is 355. The molecular formula is C9H8Cl2INO. The quantitative estimate of drug-likeness (QED) is 0.646. The third-order valence-electron chi connectivity index (χ3n) is 1.55. The fraction of sp³-hybridized carbons (Fsp3) is 0.222. The minimum atomic E-state index is -0.548. The molecule has 0 saturated carbocycles. The zero-order valence-electron chi connectivity index (χ0n) is 7.35. The molecule has 1 aromatic rings. The van der Waals surface area contributed by atoms with Crippen LogP contribution in [-0.2, 0) is 4.79 Å². The molecule has 0 aromatic heterocycles. The number of nitrogens with one attached hydrogen (secondary N) is 1. The number of carbonyl (C=O) groups excluding carboxylic acids is 1. The van der Waals surface area contributed by atoms with Crippen molar-refractivity contribution in [2.75, 3.05) is 5.32 Å². The second-order valence-electron chi connectivity index (χ2n) is 2.73. The van der Waals surface area contributed by atoms with Crippen LogP contribution in [0.15, 0.2) is 18.2 Å². The highest BCUT2D eigenvalue weighted by atomic mass is 127. The lowest BCUT2D eigenvalue weighted by molar-refractivity contribution is -0.115. The average Bonchev–Trinajstić information content (AvgIpc) is 2.11. The maximum atomic E-state index is 11.2. The zero-order valence-corrected chi connectivity index (χ0v) is 11.0. The number of benzene rings is 1.